The minimum atomic E-state index is 0.440. The second-order valence-corrected chi connectivity index (χ2v) is 4.87. The van der Waals surface area contributed by atoms with Crippen LogP contribution in [0.5, 0.6) is 5.75 Å². The molecule has 3 heteroatoms. The Bertz CT molecular complexity index is 359. The van der Waals surface area contributed by atoms with E-state index in [1.54, 1.807) is 7.11 Å². The molecule has 0 spiro atoms. The molecule has 1 aromatic rings. The number of benzene rings is 1. The molecule has 1 aliphatic heterocycles. The van der Waals surface area contributed by atoms with Gasteiger partial charge in [-0.1, -0.05) is 15.9 Å². The summed E-state index contributed by atoms with van der Waals surface area (Å²) in [6.45, 7) is 3.19. The second-order valence-electron chi connectivity index (χ2n) is 4.01. The third-order valence-electron chi connectivity index (χ3n) is 2.86. The minimum Gasteiger partial charge on any atom is -0.496 e. The van der Waals surface area contributed by atoms with Crippen LogP contribution in [0, 0.1) is 6.92 Å². The maximum absolute atomic E-state index is 5.45. The van der Waals surface area contributed by atoms with Crippen molar-refractivity contribution in [2.75, 3.05) is 13.7 Å². The van der Waals surface area contributed by atoms with Crippen LogP contribution in [0.1, 0.15) is 30.0 Å². The number of ether oxygens (including phenoxy) is 1. The molecular formula is C12H16BrNO. The van der Waals surface area contributed by atoms with E-state index < -0.39 is 0 Å². The quantitative estimate of drug-likeness (QED) is 0.891. The maximum Gasteiger partial charge on any atom is 0.125 e. The third kappa shape index (κ3) is 2.18. The van der Waals surface area contributed by atoms with E-state index in [1.807, 2.05) is 0 Å². The summed E-state index contributed by atoms with van der Waals surface area (Å²) >= 11 is 3.63. The van der Waals surface area contributed by atoms with Crippen LogP contribution in [0.2, 0.25) is 0 Å². The molecule has 2 nitrogen and oxygen atoms in total. The van der Waals surface area contributed by atoms with Gasteiger partial charge in [-0.25, -0.2) is 0 Å². The molecule has 1 heterocycles. The van der Waals surface area contributed by atoms with Crippen molar-refractivity contribution in [2.45, 2.75) is 25.8 Å². The van der Waals surface area contributed by atoms with Gasteiger partial charge in [-0.15, -0.1) is 0 Å². The number of nitrogens with one attached hydrogen (secondary N) is 1. The van der Waals surface area contributed by atoms with Crippen molar-refractivity contribution in [1.29, 1.82) is 0 Å². The zero-order valence-corrected chi connectivity index (χ0v) is 10.7. The average Bonchev–Trinajstić information content (AvgIpc) is 2.69. The lowest BCUT2D eigenvalue weighted by Gasteiger charge is -2.17. The topological polar surface area (TPSA) is 21.3 Å². The van der Waals surface area contributed by atoms with Gasteiger partial charge < -0.3 is 10.1 Å². The molecule has 1 unspecified atom stereocenters. The molecule has 1 N–H and O–H groups in total. The second kappa shape index (κ2) is 4.54. The number of hydrogen-bond donors (Lipinski definition) is 1. The molecule has 0 bridgehead atoms. The monoisotopic (exact) mass is 269 g/mol. The highest BCUT2D eigenvalue weighted by molar-refractivity contribution is 9.10. The Labute approximate surface area is 99.1 Å². The van der Waals surface area contributed by atoms with E-state index in [1.165, 1.54) is 24.0 Å². The Morgan fingerprint density at radius 2 is 2.27 bits per heavy atom. The molecule has 0 amide bonds. The van der Waals surface area contributed by atoms with E-state index in [-0.39, 0.29) is 0 Å². The van der Waals surface area contributed by atoms with E-state index in [9.17, 15) is 0 Å². The molecule has 15 heavy (non-hydrogen) atoms. The number of hydrogen-bond acceptors (Lipinski definition) is 2. The molecule has 82 valence electrons. The standard InChI is InChI=1S/C12H16BrNO/c1-8-6-9(13)12(11(7-8)15-2)10-4-3-5-14-10/h6-7,10,14H,3-5H2,1-2H3. The Kier molecular flexibility index (Phi) is 3.32. The summed E-state index contributed by atoms with van der Waals surface area (Å²) in [7, 11) is 1.74. The largest absolute Gasteiger partial charge is 0.496 e. The van der Waals surface area contributed by atoms with E-state index in [0.29, 0.717) is 6.04 Å². The summed E-state index contributed by atoms with van der Waals surface area (Å²) < 4.78 is 6.60. The van der Waals surface area contributed by atoms with Crippen molar-refractivity contribution in [2.24, 2.45) is 0 Å². The molecule has 0 radical (unpaired) electrons. The van der Waals surface area contributed by atoms with Gasteiger partial charge in [-0.2, -0.15) is 0 Å². The predicted octanol–water partition coefficient (Wildman–Crippen LogP) is 3.19. The van der Waals surface area contributed by atoms with Crippen LogP contribution in [0.4, 0.5) is 0 Å². The normalized spacial score (nSPS) is 20.6. The highest BCUT2D eigenvalue weighted by Gasteiger charge is 2.22. The van der Waals surface area contributed by atoms with Crippen molar-refractivity contribution in [3.05, 3.63) is 27.7 Å². The molecule has 0 saturated carbocycles. The fourth-order valence-electron chi connectivity index (χ4n) is 2.16. The molecule has 0 aromatic heterocycles. The van der Waals surface area contributed by atoms with Crippen molar-refractivity contribution >= 4 is 15.9 Å². The average molecular weight is 270 g/mol. The number of aryl methyl sites for hydroxylation is 1. The SMILES string of the molecule is COc1cc(C)cc(Br)c1C1CCCN1. The van der Waals surface area contributed by atoms with Crippen molar-refractivity contribution in [1.82, 2.24) is 5.32 Å². The molecule has 2 rings (SSSR count). The molecule has 1 atom stereocenters. The first kappa shape index (κ1) is 11.0. The first-order chi connectivity index (χ1) is 7.22. The minimum absolute atomic E-state index is 0.440. The Morgan fingerprint density at radius 3 is 2.87 bits per heavy atom. The summed E-state index contributed by atoms with van der Waals surface area (Å²) in [6.07, 6.45) is 2.44. The van der Waals surface area contributed by atoms with Crippen LogP contribution in [0.3, 0.4) is 0 Å². The fourth-order valence-corrected chi connectivity index (χ4v) is 2.99. The lowest BCUT2D eigenvalue weighted by molar-refractivity contribution is 0.402. The van der Waals surface area contributed by atoms with Crippen molar-refractivity contribution < 1.29 is 4.74 Å². The number of rotatable bonds is 2. The third-order valence-corrected chi connectivity index (χ3v) is 3.52. The van der Waals surface area contributed by atoms with Gasteiger partial charge in [0.2, 0.25) is 0 Å². The Hall–Kier alpha value is -0.540. The van der Waals surface area contributed by atoms with E-state index >= 15 is 0 Å². The van der Waals surface area contributed by atoms with E-state index in [4.69, 9.17) is 4.74 Å². The zero-order chi connectivity index (χ0) is 10.8. The highest BCUT2D eigenvalue weighted by Crippen LogP contribution is 2.37. The molecule has 1 aliphatic rings. The van der Waals surface area contributed by atoms with Crippen LogP contribution in [0.15, 0.2) is 16.6 Å². The van der Waals surface area contributed by atoms with E-state index in [2.05, 4.69) is 40.3 Å². The van der Waals surface area contributed by atoms with Crippen LogP contribution in [0.25, 0.3) is 0 Å². The first-order valence-electron chi connectivity index (χ1n) is 5.30. The summed E-state index contributed by atoms with van der Waals surface area (Å²) in [5.41, 5.74) is 2.49. The molecule has 1 saturated heterocycles. The smallest absolute Gasteiger partial charge is 0.125 e. The summed E-state index contributed by atoms with van der Waals surface area (Å²) in [5, 5.41) is 3.50. The fraction of sp³-hybridized carbons (Fsp3) is 0.500. The summed E-state index contributed by atoms with van der Waals surface area (Å²) in [6, 6.07) is 4.69. The van der Waals surface area contributed by atoms with E-state index in [0.717, 1.165) is 16.8 Å². The lowest BCUT2D eigenvalue weighted by atomic mass is 10.0. The summed E-state index contributed by atoms with van der Waals surface area (Å²) in [5.74, 6) is 0.987. The molecule has 1 fully saturated rings. The van der Waals surface area contributed by atoms with Crippen molar-refractivity contribution in [3.8, 4) is 5.75 Å². The van der Waals surface area contributed by atoms with Crippen LogP contribution in [-0.4, -0.2) is 13.7 Å². The van der Waals surface area contributed by atoms with Gasteiger partial charge >= 0.3 is 0 Å². The van der Waals surface area contributed by atoms with Gasteiger partial charge in [-0.3, -0.25) is 0 Å². The van der Waals surface area contributed by atoms with Gasteiger partial charge in [-0.05, 0) is 44.0 Å². The van der Waals surface area contributed by atoms with Gasteiger partial charge in [0.15, 0.2) is 0 Å². The number of methoxy groups -OCH3 is 1. The number of halogens is 1. The van der Waals surface area contributed by atoms with Gasteiger partial charge in [0, 0.05) is 16.1 Å². The van der Waals surface area contributed by atoms with Gasteiger partial charge in [0.25, 0.3) is 0 Å². The van der Waals surface area contributed by atoms with Crippen molar-refractivity contribution in [3.63, 3.8) is 0 Å². The van der Waals surface area contributed by atoms with Crippen LogP contribution < -0.4 is 10.1 Å². The zero-order valence-electron chi connectivity index (χ0n) is 9.14. The molecule has 1 aromatic carbocycles. The summed E-state index contributed by atoms with van der Waals surface area (Å²) in [4.78, 5) is 0. The van der Waals surface area contributed by atoms with Crippen LogP contribution >= 0.6 is 15.9 Å². The van der Waals surface area contributed by atoms with Crippen LogP contribution in [-0.2, 0) is 0 Å². The maximum atomic E-state index is 5.45. The van der Waals surface area contributed by atoms with Gasteiger partial charge in [0.05, 0.1) is 7.11 Å². The predicted molar refractivity (Wildman–Crippen MR) is 65.4 cm³/mol. The molecular weight excluding hydrogens is 254 g/mol. The highest BCUT2D eigenvalue weighted by atomic mass is 79.9. The lowest BCUT2D eigenvalue weighted by Crippen LogP contribution is -2.14. The molecule has 0 aliphatic carbocycles. The first-order valence-corrected chi connectivity index (χ1v) is 6.09. The Balaban J connectivity index is 2.43. The van der Waals surface area contributed by atoms with Gasteiger partial charge in [0.1, 0.15) is 5.75 Å². The Morgan fingerprint density at radius 1 is 1.47 bits per heavy atom.